The van der Waals surface area contributed by atoms with Crippen molar-refractivity contribution in [2.75, 3.05) is 13.7 Å². The van der Waals surface area contributed by atoms with Gasteiger partial charge in [0.1, 0.15) is 0 Å². The molecule has 1 heterocycles. The number of nitrogens with zero attached hydrogens (tertiary/aromatic N) is 3. The number of ether oxygens (including phenoxy) is 1. The van der Waals surface area contributed by atoms with Crippen molar-refractivity contribution < 1.29 is 4.74 Å². The Hall–Kier alpha value is -0.940. The van der Waals surface area contributed by atoms with Gasteiger partial charge in [0.05, 0.1) is 24.5 Å². The molecule has 1 aromatic rings. The number of rotatable bonds is 4. The van der Waals surface area contributed by atoms with Gasteiger partial charge in [-0.3, -0.25) is 0 Å². The SMILES string of the molecule is COCC(N)c1cnnn1C(C)C. The first-order valence-electron chi connectivity index (χ1n) is 4.31. The Morgan fingerprint density at radius 1 is 1.62 bits per heavy atom. The van der Waals surface area contributed by atoms with E-state index >= 15 is 0 Å². The van der Waals surface area contributed by atoms with Crippen LogP contribution in [0.5, 0.6) is 0 Å². The van der Waals surface area contributed by atoms with Crippen molar-refractivity contribution in [1.29, 1.82) is 0 Å². The van der Waals surface area contributed by atoms with E-state index in [9.17, 15) is 0 Å². The molecule has 2 N–H and O–H groups in total. The van der Waals surface area contributed by atoms with Gasteiger partial charge in [-0.25, -0.2) is 4.68 Å². The van der Waals surface area contributed by atoms with E-state index < -0.39 is 0 Å². The van der Waals surface area contributed by atoms with Crippen LogP contribution in [0.4, 0.5) is 0 Å². The van der Waals surface area contributed by atoms with Gasteiger partial charge in [0.25, 0.3) is 0 Å². The van der Waals surface area contributed by atoms with Crippen LogP contribution in [-0.2, 0) is 4.74 Å². The Morgan fingerprint density at radius 3 is 2.85 bits per heavy atom. The Morgan fingerprint density at radius 2 is 2.31 bits per heavy atom. The van der Waals surface area contributed by atoms with E-state index in [-0.39, 0.29) is 12.1 Å². The number of hydrogen-bond donors (Lipinski definition) is 1. The van der Waals surface area contributed by atoms with Crippen LogP contribution in [-0.4, -0.2) is 28.7 Å². The molecule has 1 atom stereocenters. The summed E-state index contributed by atoms with van der Waals surface area (Å²) in [5.74, 6) is 0. The molecule has 1 aromatic heterocycles. The highest BCUT2D eigenvalue weighted by Crippen LogP contribution is 2.12. The highest BCUT2D eigenvalue weighted by atomic mass is 16.5. The zero-order chi connectivity index (χ0) is 9.84. The summed E-state index contributed by atoms with van der Waals surface area (Å²) in [5, 5.41) is 7.77. The maximum Gasteiger partial charge on any atom is 0.0781 e. The van der Waals surface area contributed by atoms with Gasteiger partial charge >= 0.3 is 0 Å². The first-order chi connectivity index (χ1) is 6.16. The van der Waals surface area contributed by atoms with E-state index in [0.29, 0.717) is 6.61 Å². The quantitative estimate of drug-likeness (QED) is 0.740. The fourth-order valence-corrected chi connectivity index (χ4v) is 1.18. The number of aromatic nitrogens is 3. The Bertz CT molecular complexity index is 258. The van der Waals surface area contributed by atoms with E-state index in [1.807, 2.05) is 18.5 Å². The van der Waals surface area contributed by atoms with Gasteiger partial charge in [-0.2, -0.15) is 0 Å². The molecule has 0 fully saturated rings. The van der Waals surface area contributed by atoms with Crippen molar-refractivity contribution in [2.24, 2.45) is 5.73 Å². The summed E-state index contributed by atoms with van der Waals surface area (Å²) in [6, 6.07) is 0.128. The van der Waals surface area contributed by atoms with E-state index in [1.165, 1.54) is 0 Å². The molecule has 13 heavy (non-hydrogen) atoms. The summed E-state index contributed by atoms with van der Waals surface area (Å²) in [7, 11) is 1.63. The van der Waals surface area contributed by atoms with Gasteiger partial charge in [0.2, 0.25) is 0 Å². The molecule has 74 valence electrons. The zero-order valence-electron chi connectivity index (χ0n) is 8.27. The first-order valence-corrected chi connectivity index (χ1v) is 4.31. The van der Waals surface area contributed by atoms with Crippen molar-refractivity contribution in [3.8, 4) is 0 Å². The molecule has 5 nitrogen and oxygen atoms in total. The number of methoxy groups -OCH3 is 1. The molecule has 0 saturated carbocycles. The first kappa shape index (κ1) is 10.1. The van der Waals surface area contributed by atoms with Gasteiger partial charge in [0, 0.05) is 13.2 Å². The molecule has 0 aromatic carbocycles. The lowest BCUT2D eigenvalue weighted by molar-refractivity contribution is 0.177. The van der Waals surface area contributed by atoms with Crippen LogP contribution in [0.3, 0.4) is 0 Å². The third kappa shape index (κ3) is 2.26. The Labute approximate surface area is 77.9 Å². The fraction of sp³-hybridized carbons (Fsp3) is 0.750. The predicted molar refractivity (Wildman–Crippen MR) is 49.2 cm³/mol. The second-order valence-electron chi connectivity index (χ2n) is 3.26. The lowest BCUT2D eigenvalue weighted by atomic mass is 10.2. The fourth-order valence-electron chi connectivity index (χ4n) is 1.18. The molecule has 1 rings (SSSR count). The van der Waals surface area contributed by atoms with E-state index in [2.05, 4.69) is 10.3 Å². The van der Waals surface area contributed by atoms with Crippen LogP contribution in [0.1, 0.15) is 31.6 Å². The van der Waals surface area contributed by atoms with Gasteiger partial charge < -0.3 is 10.5 Å². The van der Waals surface area contributed by atoms with Gasteiger partial charge in [-0.1, -0.05) is 5.21 Å². The summed E-state index contributed by atoms with van der Waals surface area (Å²) in [5.41, 5.74) is 6.78. The minimum Gasteiger partial charge on any atom is -0.383 e. The Kier molecular flexibility index (Phi) is 3.39. The van der Waals surface area contributed by atoms with Crippen molar-refractivity contribution in [3.63, 3.8) is 0 Å². The molecule has 0 aliphatic carbocycles. The smallest absolute Gasteiger partial charge is 0.0781 e. The topological polar surface area (TPSA) is 66.0 Å². The van der Waals surface area contributed by atoms with Crippen LogP contribution in [0, 0.1) is 0 Å². The lowest BCUT2D eigenvalue weighted by Gasteiger charge is -2.14. The number of hydrogen-bond acceptors (Lipinski definition) is 4. The van der Waals surface area contributed by atoms with Crippen LogP contribution < -0.4 is 5.73 Å². The molecule has 0 amide bonds. The molecular formula is C8H16N4O. The van der Waals surface area contributed by atoms with Crippen molar-refractivity contribution in [2.45, 2.75) is 25.9 Å². The van der Waals surface area contributed by atoms with Crippen molar-refractivity contribution >= 4 is 0 Å². The summed E-state index contributed by atoms with van der Waals surface area (Å²) < 4.78 is 6.78. The van der Waals surface area contributed by atoms with Gasteiger partial charge in [0.15, 0.2) is 0 Å². The standard InChI is InChI=1S/C8H16N4O/c1-6(2)12-8(4-10-11-12)7(9)5-13-3/h4,6-7H,5,9H2,1-3H3. The van der Waals surface area contributed by atoms with E-state index in [1.54, 1.807) is 13.3 Å². The summed E-state index contributed by atoms with van der Waals surface area (Å²) in [4.78, 5) is 0. The molecule has 0 spiro atoms. The van der Waals surface area contributed by atoms with Crippen LogP contribution in [0.2, 0.25) is 0 Å². The van der Waals surface area contributed by atoms with Crippen molar-refractivity contribution in [1.82, 2.24) is 15.0 Å². The second kappa shape index (κ2) is 4.34. The van der Waals surface area contributed by atoms with E-state index in [4.69, 9.17) is 10.5 Å². The average Bonchev–Trinajstić information content (AvgIpc) is 2.52. The molecule has 0 radical (unpaired) electrons. The molecule has 0 aliphatic rings. The van der Waals surface area contributed by atoms with Crippen LogP contribution in [0.25, 0.3) is 0 Å². The summed E-state index contributed by atoms with van der Waals surface area (Å²) in [6.07, 6.45) is 1.68. The minimum atomic E-state index is -0.151. The third-order valence-electron chi connectivity index (χ3n) is 1.82. The number of nitrogens with two attached hydrogens (primary N) is 1. The normalized spacial score (nSPS) is 13.6. The largest absolute Gasteiger partial charge is 0.383 e. The molecule has 0 bridgehead atoms. The second-order valence-corrected chi connectivity index (χ2v) is 3.26. The van der Waals surface area contributed by atoms with Crippen LogP contribution >= 0.6 is 0 Å². The third-order valence-corrected chi connectivity index (χ3v) is 1.82. The van der Waals surface area contributed by atoms with Crippen molar-refractivity contribution in [3.05, 3.63) is 11.9 Å². The van der Waals surface area contributed by atoms with E-state index in [0.717, 1.165) is 5.69 Å². The maximum absolute atomic E-state index is 5.86. The summed E-state index contributed by atoms with van der Waals surface area (Å²) in [6.45, 7) is 4.56. The monoisotopic (exact) mass is 184 g/mol. The minimum absolute atomic E-state index is 0.151. The van der Waals surface area contributed by atoms with Gasteiger partial charge in [-0.15, -0.1) is 5.10 Å². The predicted octanol–water partition coefficient (Wildman–Crippen LogP) is 0.505. The molecule has 5 heteroatoms. The highest BCUT2D eigenvalue weighted by molar-refractivity contribution is 5.02. The molecule has 0 aliphatic heterocycles. The van der Waals surface area contributed by atoms with Crippen LogP contribution in [0.15, 0.2) is 6.20 Å². The zero-order valence-corrected chi connectivity index (χ0v) is 8.27. The average molecular weight is 184 g/mol. The Balaban J connectivity index is 2.80. The lowest BCUT2D eigenvalue weighted by Crippen LogP contribution is -2.21. The summed E-state index contributed by atoms with van der Waals surface area (Å²) >= 11 is 0. The molecular weight excluding hydrogens is 168 g/mol. The molecule has 1 unspecified atom stereocenters. The molecule has 0 saturated heterocycles. The van der Waals surface area contributed by atoms with Gasteiger partial charge in [-0.05, 0) is 13.8 Å². The maximum atomic E-state index is 5.86. The highest BCUT2D eigenvalue weighted by Gasteiger charge is 2.13.